The third kappa shape index (κ3) is 3.65. The van der Waals surface area contributed by atoms with E-state index in [0.717, 1.165) is 29.8 Å². The van der Waals surface area contributed by atoms with Crippen molar-refractivity contribution in [2.45, 2.75) is 39.2 Å². The molecule has 2 N–H and O–H groups in total. The second-order valence-electron chi connectivity index (χ2n) is 5.81. The minimum atomic E-state index is -1.01. The van der Waals surface area contributed by atoms with E-state index in [1.807, 2.05) is 20.9 Å². The zero-order chi connectivity index (χ0) is 16.3. The van der Waals surface area contributed by atoms with Crippen LogP contribution in [0.4, 0.5) is 0 Å². The van der Waals surface area contributed by atoms with Crippen LogP contribution in [0.15, 0.2) is 0 Å². The lowest BCUT2D eigenvalue weighted by Gasteiger charge is -2.28. The van der Waals surface area contributed by atoms with Crippen molar-refractivity contribution >= 4 is 11.9 Å². The molecule has 2 rings (SSSR count). The molecular weight excluding hydrogens is 286 g/mol. The van der Waals surface area contributed by atoms with Crippen LogP contribution in [0.25, 0.3) is 0 Å². The largest absolute Gasteiger partial charge is 0.480 e. The smallest absolute Gasteiger partial charge is 0.326 e. The normalized spacial score (nSPS) is 19.7. The molecule has 1 amide bonds. The number of carboxylic acid groups (broad SMARTS) is 1. The molecule has 0 radical (unpaired) electrons. The topological polar surface area (TPSA) is 93.5 Å². The van der Waals surface area contributed by atoms with Crippen molar-refractivity contribution in [1.82, 2.24) is 15.1 Å². The summed E-state index contributed by atoms with van der Waals surface area (Å²) < 4.78 is 7.05. The van der Waals surface area contributed by atoms with Gasteiger partial charge in [0.1, 0.15) is 6.04 Å². The van der Waals surface area contributed by atoms with Crippen molar-refractivity contribution in [1.29, 1.82) is 0 Å². The van der Waals surface area contributed by atoms with Gasteiger partial charge in [-0.15, -0.1) is 0 Å². The predicted molar refractivity (Wildman–Crippen MR) is 79.5 cm³/mol. The van der Waals surface area contributed by atoms with Crippen LogP contribution in [0.1, 0.15) is 29.8 Å². The summed E-state index contributed by atoms with van der Waals surface area (Å²) in [5.74, 6) is -1.48. The number of amides is 1. The van der Waals surface area contributed by atoms with Crippen LogP contribution >= 0.6 is 0 Å². The fourth-order valence-electron chi connectivity index (χ4n) is 2.87. The van der Waals surface area contributed by atoms with Gasteiger partial charge in [-0.25, -0.2) is 4.79 Å². The van der Waals surface area contributed by atoms with Gasteiger partial charge in [0, 0.05) is 30.8 Å². The first-order valence-electron chi connectivity index (χ1n) is 7.49. The summed E-state index contributed by atoms with van der Waals surface area (Å²) in [7, 11) is 1.82. The summed E-state index contributed by atoms with van der Waals surface area (Å²) >= 11 is 0. The van der Waals surface area contributed by atoms with Crippen LogP contribution < -0.4 is 5.32 Å². The third-order valence-electron chi connectivity index (χ3n) is 4.25. The maximum absolute atomic E-state index is 12.2. The average Bonchev–Trinajstić information content (AvgIpc) is 2.72. The summed E-state index contributed by atoms with van der Waals surface area (Å²) in [6, 6.07) is -0.898. The lowest BCUT2D eigenvalue weighted by atomic mass is 9.93. The molecule has 0 spiro atoms. The number of rotatable bonds is 5. The molecule has 2 unspecified atom stereocenters. The number of carboxylic acids is 1. The maximum atomic E-state index is 12.2. The van der Waals surface area contributed by atoms with Crippen molar-refractivity contribution in [2.75, 3.05) is 13.2 Å². The molecule has 7 heteroatoms. The number of aromatic nitrogens is 2. The van der Waals surface area contributed by atoms with E-state index in [2.05, 4.69) is 10.4 Å². The highest BCUT2D eigenvalue weighted by molar-refractivity contribution is 5.85. The molecule has 1 aromatic rings. The van der Waals surface area contributed by atoms with Gasteiger partial charge in [-0.1, -0.05) is 0 Å². The molecule has 0 aromatic carbocycles. The fourth-order valence-corrected chi connectivity index (χ4v) is 2.87. The Hall–Kier alpha value is -1.89. The first kappa shape index (κ1) is 16.5. The zero-order valence-electron chi connectivity index (χ0n) is 13.3. The van der Waals surface area contributed by atoms with E-state index in [1.54, 1.807) is 4.68 Å². The van der Waals surface area contributed by atoms with Gasteiger partial charge in [0.05, 0.1) is 18.7 Å². The first-order valence-corrected chi connectivity index (χ1v) is 7.49. The van der Waals surface area contributed by atoms with Crippen LogP contribution in [-0.2, 0) is 27.8 Å². The Morgan fingerprint density at radius 2 is 2.23 bits per heavy atom. The number of ether oxygens (including phenoxy) is 1. The van der Waals surface area contributed by atoms with Crippen LogP contribution in [-0.4, -0.2) is 46.0 Å². The van der Waals surface area contributed by atoms with Crippen molar-refractivity contribution in [3.8, 4) is 0 Å². The molecule has 1 saturated heterocycles. The maximum Gasteiger partial charge on any atom is 0.326 e. The van der Waals surface area contributed by atoms with E-state index < -0.39 is 12.0 Å². The van der Waals surface area contributed by atoms with E-state index in [4.69, 9.17) is 4.74 Å². The Bertz CT molecular complexity index is 561. The third-order valence-corrected chi connectivity index (χ3v) is 4.25. The summed E-state index contributed by atoms with van der Waals surface area (Å²) in [5, 5.41) is 16.3. The van der Waals surface area contributed by atoms with E-state index in [1.165, 1.54) is 0 Å². The zero-order valence-corrected chi connectivity index (χ0v) is 13.3. The molecule has 122 valence electrons. The number of hydrogen-bond donors (Lipinski definition) is 2. The molecule has 22 heavy (non-hydrogen) atoms. The molecule has 1 aromatic heterocycles. The van der Waals surface area contributed by atoms with E-state index in [-0.39, 0.29) is 18.2 Å². The number of nitrogens with one attached hydrogen (secondary N) is 1. The summed E-state index contributed by atoms with van der Waals surface area (Å²) in [6.45, 7) is 4.78. The van der Waals surface area contributed by atoms with Gasteiger partial charge in [-0.2, -0.15) is 5.10 Å². The van der Waals surface area contributed by atoms with Crippen LogP contribution in [0.5, 0.6) is 0 Å². The summed E-state index contributed by atoms with van der Waals surface area (Å²) in [4.78, 5) is 23.7. The van der Waals surface area contributed by atoms with Crippen molar-refractivity contribution < 1.29 is 19.4 Å². The molecule has 0 bridgehead atoms. The number of carbonyl (C=O) groups excluding carboxylic acids is 1. The molecule has 0 saturated carbocycles. The highest BCUT2D eigenvalue weighted by Crippen LogP contribution is 2.18. The molecule has 2 atom stereocenters. The van der Waals surface area contributed by atoms with Gasteiger partial charge in [-0.3, -0.25) is 9.48 Å². The van der Waals surface area contributed by atoms with Crippen molar-refractivity contribution in [3.05, 3.63) is 17.0 Å². The molecule has 2 heterocycles. The Morgan fingerprint density at radius 1 is 1.50 bits per heavy atom. The van der Waals surface area contributed by atoms with E-state index in [0.29, 0.717) is 13.2 Å². The molecular formula is C15H23N3O4. The van der Waals surface area contributed by atoms with Crippen molar-refractivity contribution in [2.24, 2.45) is 13.0 Å². The Balaban J connectivity index is 2.03. The first-order chi connectivity index (χ1) is 10.4. The quantitative estimate of drug-likeness (QED) is 0.829. The number of carbonyl (C=O) groups is 2. The van der Waals surface area contributed by atoms with Crippen LogP contribution in [0.3, 0.4) is 0 Å². The number of hydrogen-bond acceptors (Lipinski definition) is 4. The highest BCUT2D eigenvalue weighted by atomic mass is 16.5. The van der Waals surface area contributed by atoms with Gasteiger partial charge < -0.3 is 15.2 Å². The lowest BCUT2D eigenvalue weighted by Crippen LogP contribution is -2.48. The highest BCUT2D eigenvalue weighted by Gasteiger charge is 2.31. The molecule has 0 aliphatic carbocycles. The molecule has 1 fully saturated rings. The second-order valence-corrected chi connectivity index (χ2v) is 5.81. The number of aryl methyl sites for hydroxylation is 2. The van der Waals surface area contributed by atoms with Gasteiger partial charge in [0.25, 0.3) is 0 Å². The lowest BCUT2D eigenvalue weighted by molar-refractivity contribution is -0.145. The van der Waals surface area contributed by atoms with Crippen LogP contribution in [0.2, 0.25) is 0 Å². The van der Waals surface area contributed by atoms with E-state index in [9.17, 15) is 14.7 Å². The average molecular weight is 309 g/mol. The molecule has 1 aliphatic rings. The minimum absolute atomic E-state index is 0.142. The fraction of sp³-hybridized carbons (Fsp3) is 0.667. The number of aliphatic carboxylic acids is 1. The van der Waals surface area contributed by atoms with Crippen LogP contribution in [0, 0.1) is 19.8 Å². The monoisotopic (exact) mass is 309 g/mol. The Morgan fingerprint density at radius 3 is 2.73 bits per heavy atom. The van der Waals surface area contributed by atoms with E-state index >= 15 is 0 Å². The molecule has 7 nitrogen and oxygen atoms in total. The Labute approximate surface area is 129 Å². The Kier molecular flexibility index (Phi) is 5.18. The SMILES string of the molecule is Cc1nn(C)c(C)c1CC(=O)NC(C(=O)O)C1CCCOC1. The van der Waals surface area contributed by atoms with Gasteiger partial charge in [-0.05, 0) is 26.7 Å². The summed E-state index contributed by atoms with van der Waals surface area (Å²) in [5.41, 5.74) is 2.56. The minimum Gasteiger partial charge on any atom is -0.480 e. The van der Waals surface area contributed by atoms with Crippen molar-refractivity contribution in [3.63, 3.8) is 0 Å². The standard InChI is InChI=1S/C15H23N3O4/c1-9-12(10(2)18(3)17-9)7-13(19)16-14(15(20)21)11-5-4-6-22-8-11/h11,14H,4-8H2,1-3H3,(H,16,19)(H,20,21). The summed E-state index contributed by atoms with van der Waals surface area (Å²) in [6.07, 6.45) is 1.72. The number of nitrogens with zero attached hydrogens (tertiary/aromatic N) is 2. The molecule has 1 aliphatic heterocycles. The van der Waals surface area contributed by atoms with Gasteiger partial charge >= 0.3 is 5.97 Å². The van der Waals surface area contributed by atoms with Gasteiger partial charge in [0.15, 0.2) is 0 Å². The second kappa shape index (κ2) is 6.91. The van der Waals surface area contributed by atoms with Gasteiger partial charge in [0.2, 0.25) is 5.91 Å². The predicted octanol–water partition coefficient (Wildman–Crippen LogP) is 0.575.